The molecule has 0 aromatic carbocycles. The summed E-state index contributed by atoms with van der Waals surface area (Å²) in [6.07, 6.45) is 5.44. The van der Waals surface area contributed by atoms with Crippen LogP contribution < -0.4 is 5.32 Å². The molecule has 0 bridgehead atoms. The molecule has 4 heteroatoms. The van der Waals surface area contributed by atoms with Gasteiger partial charge in [-0.15, -0.1) is 13.2 Å². The number of hydrogen-bond donors (Lipinski definition) is 2. The number of carbonyl (C=O) groups excluding carboxylic acids is 1. The Labute approximate surface area is 109 Å². The zero-order valence-corrected chi connectivity index (χ0v) is 11.2. The van der Waals surface area contributed by atoms with E-state index in [9.17, 15) is 14.7 Å². The summed E-state index contributed by atoms with van der Waals surface area (Å²) in [6.45, 7) is 10.6. The first-order valence-electron chi connectivity index (χ1n) is 6.18. The van der Waals surface area contributed by atoms with Crippen molar-refractivity contribution in [2.45, 2.75) is 45.1 Å². The molecular weight excluding hydrogens is 230 g/mol. The quantitative estimate of drug-likeness (QED) is 0.620. The number of amides is 1. The van der Waals surface area contributed by atoms with Crippen molar-refractivity contribution >= 4 is 11.9 Å². The molecule has 1 atom stereocenters. The van der Waals surface area contributed by atoms with E-state index >= 15 is 0 Å². The number of hydrogen-bond acceptors (Lipinski definition) is 2. The van der Waals surface area contributed by atoms with Gasteiger partial charge in [0.25, 0.3) is 0 Å². The minimum Gasteiger partial charge on any atom is -0.480 e. The van der Waals surface area contributed by atoms with Gasteiger partial charge in [0.05, 0.1) is 0 Å². The van der Waals surface area contributed by atoms with Crippen molar-refractivity contribution < 1.29 is 14.7 Å². The van der Waals surface area contributed by atoms with Gasteiger partial charge in [0.1, 0.15) is 5.54 Å². The van der Waals surface area contributed by atoms with E-state index in [2.05, 4.69) is 18.5 Å². The fraction of sp³-hybridized carbons (Fsp3) is 0.571. The lowest BCUT2D eigenvalue weighted by Crippen LogP contribution is -2.53. The standard InChI is InChI=1S/C14H23NO3/c1-5-8-11(9-6-2)12(16)15-14(4,10-7-3)13(17)18/h5-6,11H,1-2,7-10H2,3-4H3,(H,15,16)(H,17,18). The molecule has 0 aliphatic heterocycles. The third-order valence-electron chi connectivity index (χ3n) is 2.89. The molecule has 0 rings (SSSR count). The van der Waals surface area contributed by atoms with Gasteiger partial charge in [-0.05, 0) is 26.2 Å². The third-order valence-corrected chi connectivity index (χ3v) is 2.89. The summed E-state index contributed by atoms with van der Waals surface area (Å²) in [7, 11) is 0. The van der Waals surface area contributed by atoms with Crippen molar-refractivity contribution in [3.63, 3.8) is 0 Å². The Kier molecular flexibility index (Phi) is 7.01. The molecule has 0 aromatic rings. The second-order valence-corrected chi connectivity index (χ2v) is 4.62. The van der Waals surface area contributed by atoms with E-state index in [1.807, 2.05) is 6.92 Å². The van der Waals surface area contributed by atoms with Crippen LogP contribution in [0.5, 0.6) is 0 Å². The second-order valence-electron chi connectivity index (χ2n) is 4.62. The van der Waals surface area contributed by atoms with E-state index in [1.165, 1.54) is 6.92 Å². The summed E-state index contributed by atoms with van der Waals surface area (Å²) >= 11 is 0. The van der Waals surface area contributed by atoms with Crippen molar-refractivity contribution in [1.29, 1.82) is 0 Å². The molecule has 0 saturated heterocycles. The van der Waals surface area contributed by atoms with Crippen LogP contribution in [0.3, 0.4) is 0 Å². The van der Waals surface area contributed by atoms with E-state index in [-0.39, 0.29) is 11.8 Å². The van der Waals surface area contributed by atoms with Crippen molar-refractivity contribution in [3.8, 4) is 0 Å². The number of aliphatic carboxylic acids is 1. The van der Waals surface area contributed by atoms with Gasteiger partial charge in [-0.25, -0.2) is 4.79 Å². The number of carbonyl (C=O) groups is 2. The molecule has 4 nitrogen and oxygen atoms in total. The van der Waals surface area contributed by atoms with Gasteiger partial charge in [-0.2, -0.15) is 0 Å². The van der Waals surface area contributed by atoms with Crippen molar-refractivity contribution in [2.75, 3.05) is 0 Å². The Balaban J connectivity index is 4.80. The van der Waals surface area contributed by atoms with Crippen molar-refractivity contribution in [1.82, 2.24) is 5.32 Å². The third kappa shape index (κ3) is 4.73. The summed E-state index contributed by atoms with van der Waals surface area (Å²) in [5, 5.41) is 11.8. The summed E-state index contributed by atoms with van der Waals surface area (Å²) in [6, 6.07) is 0. The highest BCUT2D eigenvalue weighted by Crippen LogP contribution is 2.17. The monoisotopic (exact) mass is 253 g/mol. The van der Waals surface area contributed by atoms with Crippen LogP contribution in [0.15, 0.2) is 25.3 Å². The van der Waals surface area contributed by atoms with E-state index < -0.39 is 11.5 Å². The number of nitrogens with one attached hydrogen (secondary N) is 1. The molecule has 0 aliphatic carbocycles. The number of allylic oxidation sites excluding steroid dienone is 2. The Morgan fingerprint density at radius 3 is 2.17 bits per heavy atom. The summed E-state index contributed by atoms with van der Waals surface area (Å²) in [4.78, 5) is 23.3. The first kappa shape index (κ1) is 16.4. The predicted octanol–water partition coefficient (Wildman–Crippen LogP) is 2.51. The average molecular weight is 253 g/mol. The van der Waals surface area contributed by atoms with Crippen LogP contribution in [0.1, 0.15) is 39.5 Å². The van der Waals surface area contributed by atoms with E-state index in [4.69, 9.17) is 0 Å². The van der Waals surface area contributed by atoms with Gasteiger partial charge >= 0.3 is 5.97 Å². The molecule has 0 heterocycles. The van der Waals surface area contributed by atoms with Crippen LogP contribution >= 0.6 is 0 Å². The summed E-state index contributed by atoms with van der Waals surface area (Å²) < 4.78 is 0. The molecule has 18 heavy (non-hydrogen) atoms. The zero-order valence-electron chi connectivity index (χ0n) is 11.2. The van der Waals surface area contributed by atoms with Gasteiger partial charge < -0.3 is 10.4 Å². The van der Waals surface area contributed by atoms with Crippen LogP contribution in [-0.2, 0) is 9.59 Å². The largest absolute Gasteiger partial charge is 0.480 e. The zero-order chi connectivity index (χ0) is 14.2. The first-order chi connectivity index (χ1) is 8.41. The van der Waals surface area contributed by atoms with E-state index in [0.717, 1.165) is 0 Å². The first-order valence-corrected chi connectivity index (χ1v) is 6.18. The van der Waals surface area contributed by atoms with Crippen LogP contribution in [0.2, 0.25) is 0 Å². The Bertz CT molecular complexity index is 315. The average Bonchev–Trinajstić information content (AvgIpc) is 2.28. The molecule has 0 spiro atoms. The van der Waals surface area contributed by atoms with Gasteiger partial charge in [-0.1, -0.05) is 25.5 Å². The maximum atomic E-state index is 12.0. The maximum Gasteiger partial charge on any atom is 0.329 e. The normalized spacial score (nSPS) is 13.7. The summed E-state index contributed by atoms with van der Waals surface area (Å²) in [5.74, 6) is -1.56. The Morgan fingerprint density at radius 2 is 1.83 bits per heavy atom. The highest BCUT2D eigenvalue weighted by Gasteiger charge is 2.35. The maximum absolute atomic E-state index is 12.0. The Hall–Kier alpha value is -1.58. The van der Waals surface area contributed by atoms with Gasteiger partial charge in [0.15, 0.2) is 0 Å². The van der Waals surface area contributed by atoms with Gasteiger partial charge in [-0.3, -0.25) is 4.79 Å². The van der Waals surface area contributed by atoms with Crippen molar-refractivity contribution in [3.05, 3.63) is 25.3 Å². The molecule has 2 N–H and O–H groups in total. The minimum absolute atomic E-state index is 0.256. The fourth-order valence-electron chi connectivity index (χ4n) is 1.81. The SMILES string of the molecule is C=CCC(CC=C)C(=O)NC(C)(CCC)C(=O)O. The van der Waals surface area contributed by atoms with Crippen LogP contribution in [-0.4, -0.2) is 22.5 Å². The lowest BCUT2D eigenvalue weighted by Gasteiger charge is -2.27. The van der Waals surface area contributed by atoms with Gasteiger partial charge in [0.2, 0.25) is 5.91 Å². The van der Waals surface area contributed by atoms with E-state index in [0.29, 0.717) is 25.7 Å². The highest BCUT2D eigenvalue weighted by atomic mass is 16.4. The smallest absolute Gasteiger partial charge is 0.329 e. The summed E-state index contributed by atoms with van der Waals surface area (Å²) in [5.41, 5.74) is -1.20. The lowest BCUT2D eigenvalue weighted by atomic mass is 9.93. The molecule has 1 amide bonds. The highest BCUT2D eigenvalue weighted by molar-refractivity contribution is 5.87. The molecular formula is C14H23NO3. The molecule has 0 aromatic heterocycles. The van der Waals surface area contributed by atoms with Gasteiger partial charge in [0, 0.05) is 5.92 Å². The molecule has 1 unspecified atom stereocenters. The second kappa shape index (κ2) is 7.69. The number of rotatable bonds is 9. The Morgan fingerprint density at radius 1 is 1.33 bits per heavy atom. The van der Waals surface area contributed by atoms with Crippen LogP contribution in [0, 0.1) is 5.92 Å². The van der Waals surface area contributed by atoms with E-state index in [1.54, 1.807) is 12.2 Å². The number of carboxylic acids is 1. The van der Waals surface area contributed by atoms with Crippen LogP contribution in [0.4, 0.5) is 0 Å². The molecule has 0 radical (unpaired) electrons. The fourth-order valence-corrected chi connectivity index (χ4v) is 1.81. The predicted molar refractivity (Wildman–Crippen MR) is 72.2 cm³/mol. The topological polar surface area (TPSA) is 66.4 Å². The minimum atomic E-state index is -1.20. The molecule has 0 fully saturated rings. The van der Waals surface area contributed by atoms with Crippen molar-refractivity contribution in [2.24, 2.45) is 5.92 Å². The molecule has 102 valence electrons. The molecule has 0 aliphatic rings. The number of carboxylic acid groups (broad SMARTS) is 1. The van der Waals surface area contributed by atoms with Crippen LogP contribution in [0.25, 0.3) is 0 Å². The molecule has 0 saturated carbocycles. The lowest BCUT2D eigenvalue weighted by molar-refractivity contribution is -0.147.